The number of nitrogens with zero attached hydrogens (tertiary/aromatic N) is 5. The van der Waals surface area contributed by atoms with Crippen LogP contribution in [0.5, 0.6) is 0 Å². The zero-order valence-electron chi connectivity index (χ0n) is 16.9. The minimum atomic E-state index is -0.337. The van der Waals surface area contributed by atoms with Crippen molar-refractivity contribution < 1.29 is 14.0 Å². The standard InChI is InChI=1S/C21H23FN6O2/c1-26(2)21(30)27-9-8-15(12-27)19-25-24-18-7-6-16(13-28(18)19)20(29)23-11-14-4-3-5-17(22)10-14/h3-7,10,13,15H,8-9,11-12H2,1-2H3,(H,23,29)/t15-/m0/s1. The number of rotatable bonds is 4. The second-order valence-corrected chi connectivity index (χ2v) is 7.63. The summed E-state index contributed by atoms with van der Waals surface area (Å²) >= 11 is 0. The minimum absolute atomic E-state index is 0.0243. The number of amides is 3. The van der Waals surface area contributed by atoms with E-state index in [1.54, 1.807) is 54.4 Å². The maximum atomic E-state index is 13.3. The molecule has 1 aliphatic heterocycles. The SMILES string of the molecule is CN(C)C(=O)N1CC[C@H](c2nnc3ccc(C(=O)NCc4cccc(F)c4)cn23)C1. The summed E-state index contributed by atoms with van der Waals surface area (Å²) in [6.07, 6.45) is 2.50. The zero-order chi connectivity index (χ0) is 21.3. The van der Waals surface area contributed by atoms with Gasteiger partial charge in [-0.05, 0) is 36.2 Å². The summed E-state index contributed by atoms with van der Waals surface area (Å²) in [5.41, 5.74) is 1.79. The quantitative estimate of drug-likeness (QED) is 0.715. The second kappa shape index (κ2) is 8.10. The predicted octanol–water partition coefficient (Wildman–Crippen LogP) is 2.27. The molecule has 1 aromatic carbocycles. The molecule has 0 bridgehead atoms. The Labute approximate surface area is 173 Å². The number of hydrogen-bond donors (Lipinski definition) is 1. The van der Waals surface area contributed by atoms with Gasteiger partial charge in [0, 0.05) is 45.8 Å². The molecule has 0 radical (unpaired) electrons. The average Bonchev–Trinajstić information content (AvgIpc) is 3.37. The maximum Gasteiger partial charge on any atom is 0.319 e. The van der Waals surface area contributed by atoms with E-state index < -0.39 is 0 Å². The summed E-state index contributed by atoms with van der Waals surface area (Å²) in [5.74, 6) is 0.181. The topological polar surface area (TPSA) is 82.8 Å². The molecular formula is C21H23FN6O2. The van der Waals surface area contributed by atoms with Crippen molar-refractivity contribution in [2.45, 2.75) is 18.9 Å². The van der Waals surface area contributed by atoms with Crippen LogP contribution in [-0.4, -0.2) is 63.5 Å². The van der Waals surface area contributed by atoms with E-state index in [4.69, 9.17) is 0 Å². The minimum Gasteiger partial charge on any atom is -0.348 e. The molecule has 8 nitrogen and oxygen atoms in total. The van der Waals surface area contributed by atoms with Crippen molar-refractivity contribution in [3.05, 3.63) is 65.4 Å². The molecule has 156 valence electrons. The Hall–Kier alpha value is -3.49. The van der Waals surface area contributed by atoms with Crippen molar-refractivity contribution in [1.29, 1.82) is 0 Å². The normalized spacial score (nSPS) is 16.1. The van der Waals surface area contributed by atoms with Crippen molar-refractivity contribution in [3.63, 3.8) is 0 Å². The van der Waals surface area contributed by atoms with Crippen molar-refractivity contribution >= 4 is 17.6 Å². The highest BCUT2D eigenvalue weighted by Crippen LogP contribution is 2.27. The number of fused-ring (bicyclic) bond motifs is 1. The monoisotopic (exact) mass is 410 g/mol. The van der Waals surface area contributed by atoms with E-state index >= 15 is 0 Å². The van der Waals surface area contributed by atoms with Crippen molar-refractivity contribution in [3.8, 4) is 0 Å². The number of carbonyl (C=O) groups excluding carboxylic acids is 2. The molecule has 3 heterocycles. The Kier molecular flexibility index (Phi) is 5.35. The van der Waals surface area contributed by atoms with Gasteiger partial charge in [-0.15, -0.1) is 10.2 Å². The zero-order valence-corrected chi connectivity index (χ0v) is 16.9. The van der Waals surface area contributed by atoms with Gasteiger partial charge in [-0.1, -0.05) is 12.1 Å². The van der Waals surface area contributed by atoms with Crippen LogP contribution in [0.15, 0.2) is 42.6 Å². The lowest BCUT2D eigenvalue weighted by Gasteiger charge is -2.21. The van der Waals surface area contributed by atoms with Crippen LogP contribution in [-0.2, 0) is 6.54 Å². The molecule has 0 spiro atoms. The van der Waals surface area contributed by atoms with E-state index in [0.29, 0.717) is 29.9 Å². The number of pyridine rings is 1. The van der Waals surface area contributed by atoms with Crippen LogP contribution in [0.1, 0.15) is 34.1 Å². The third-order valence-electron chi connectivity index (χ3n) is 5.24. The fourth-order valence-electron chi connectivity index (χ4n) is 3.68. The Morgan fingerprint density at radius 3 is 2.83 bits per heavy atom. The van der Waals surface area contributed by atoms with Crippen LogP contribution < -0.4 is 5.32 Å². The number of halogens is 1. The third kappa shape index (κ3) is 3.96. The van der Waals surface area contributed by atoms with Crippen LogP contribution in [0.25, 0.3) is 5.65 Å². The number of nitrogens with one attached hydrogen (secondary N) is 1. The van der Waals surface area contributed by atoms with E-state index in [2.05, 4.69) is 15.5 Å². The number of urea groups is 1. The molecule has 1 fully saturated rings. The van der Waals surface area contributed by atoms with Crippen LogP contribution in [0.2, 0.25) is 0 Å². The number of benzene rings is 1. The molecule has 1 N–H and O–H groups in total. The molecule has 3 aromatic rings. The Morgan fingerprint density at radius 2 is 2.07 bits per heavy atom. The van der Waals surface area contributed by atoms with Crippen molar-refractivity contribution in [2.24, 2.45) is 0 Å². The van der Waals surface area contributed by atoms with Crippen LogP contribution in [0.4, 0.5) is 9.18 Å². The van der Waals surface area contributed by atoms with E-state index in [0.717, 1.165) is 12.2 Å². The highest BCUT2D eigenvalue weighted by Gasteiger charge is 2.31. The first kappa shape index (κ1) is 19.8. The number of aromatic nitrogens is 3. The third-order valence-corrected chi connectivity index (χ3v) is 5.24. The summed E-state index contributed by atoms with van der Waals surface area (Å²) in [5, 5.41) is 11.3. The van der Waals surface area contributed by atoms with Gasteiger partial charge in [-0.25, -0.2) is 9.18 Å². The summed E-state index contributed by atoms with van der Waals surface area (Å²) in [6.45, 7) is 1.45. The largest absolute Gasteiger partial charge is 0.348 e. The molecule has 1 saturated heterocycles. The Bertz CT molecular complexity index is 1100. The lowest BCUT2D eigenvalue weighted by molar-refractivity contribution is 0.0950. The number of hydrogen-bond acceptors (Lipinski definition) is 4. The Balaban J connectivity index is 1.50. The maximum absolute atomic E-state index is 13.3. The second-order valence-electron chi connectivity index (χ2n) is 7.63. The van der Waals surface area contributed by atoms with Crippen molar-refractivity contribution in [1.82, 2.24) is 29.7 Å². The molecule has 9 heteroatoms. The van der Waals surface area contributed by atoms with Gasteiger partial charge in [0.15, 0.2) is 5.65 Å². The average molecular weight is 410 g/mol. The van der Waals surface area contributed by atoms with Gasteiger partial charge in [0.05, 0.1) is 5.56 Å². The van der Waals surface area contributed by atoms with Gasteiger partial charge in [0.25, 0.3) is 5.91 Å². The van der Waals surface area contributed by atoms with E-state index in [1.165, 1.54) is 12.1 Å². The molecule has 3 amide bonds. The van der Waals surface area contributed by atoms with Crippen LogP contribution in [0, 0.1) is 5.82 Å². The smallest absolute Gasteiger partial charge is 0.319 e. The molecule has 2 aromatic heterocycles. The first-order valence-electron chi connectivity index (χ1n) is 9.76. The predicted molar refractivity (Wildman–Crippen MR) is 109 cm³/mol. The summed E-state index contributed by atoms with van der Waals surface area (Å²) < 4.78 is 15.1. The van der Waals surface area contributed by atoms with Gasteiger partial charge < -0.3 is 15.1 Å². The first-order valence-corrected chi connectivity index (χ1v) is 9.76. The highest BCUT2D eigenvalue weighted by atomic mass is 19.1. The molecule has 4 rings (SSSR count). The molecule has 30 heavy (non-hydrogen) atoms. The summed E-state index contributed by atoms with van der Waals surface area (Å²) in [6, 6.07) is 9.52. The first-order chi connectivity index (χ1) is 14.4. The van der Waals surface area contributed by atoms with Gasteiger partial charge in [-0.3, -0.25) is 9.20 Å². The fourth-order valence-corrected chi connectivity index (χ4v) is 3.68. The summed E-state index contributed by atoms with van der Waals surface area (Å²) in [7, 11) is 3.47. The van der Waals surface area contributed by atoms with Crippen molar-refractivity contribution in [2.75, 3.05) is 27.2 Å². The number of carbonyl (C=O) groups is 2. The molecule has 1 aliphatic rings. The summed E-state index contributed by atoms with van der Waals surface area (Å²) in [4.78, 5) is 28.2. The fraction of sp³-hybridized carbons (Fsp3) is 0.333. The van der Waals surface area contributed by atoms with E-state index in [9.17, 15) is 14.0 Å². The highest BCUT2D eigenvalue weighted by molar-refractivity contribution is 5.94. The van der Waals surface area contributed by atoms with Gasteiger partial charge in [0.2, 0.25) is 0 Å². The van der Waals surface area contributed by atoms with Gasteiger partial charge in [0.1, 0.15) is 11.6 Å². The molecule has 0 aliphatic carbocycles. The lowest BCUT2D eigenvalue weighted by Crippen LogP contribution is -2.37. The van der Waals surface area contributed by atoms with Crippen LogP contribution >= 0.6 is 0 Å². The van der Waals surface area contributed by atoms with Gasteiger partial charge >= 0.3 is 6.03 Å². The van der Waals surface area contributed by atoms with E-state index in [1.807, 2.05) is 4.40 Å². The molecule has 0 saturated carbocycles. The molecule has 1 atom stereocenters. The van der Waals surface area contributed by atoms with Crippen LogP contribution in [0.3, 0.4) is 0 Å². The van der Waals surface area contributed by atoms with E-state index in [-0.39, 0.29) is 30.2 Å². The molecule has 0 unspecified atom stereocenters. The Morgan fingerprint density at radius 1 is 1.23 bits per heavy atom. The molecular weight excluding hydrogens is 387 g/mol. The number of likely N-dealkylation sites (tertiary alicyclic amines) is 1. The lowest BCUT2D eigenvalue weighted by atomic mass is 10.1. The van der Waals surface area contributed by atoms with Gasteiger partial charge in [-0.2, -0.15) is 0 Å².